The zero-order valence-electron chi connectivity index (χ0n) is 16.3. The SMILES string of the molecule is COc1cc(-c2n[nH]c3ccc(-c4ccc(C#N)cc4)cc23)cc(OC)c1OC. The van der Waals surface area contributed by atoms with Crippen molar-refractivity contribution in [2.45, 2.75) is 0 Å². The van der Waals surface area contributed by atoms with Crippen molar-refractivity contribution in [1.82, 2.24) is 10.2 Å². The van der Waals surface area contributed by atoms with Gasteiger partial charge in [-0.2, -0.15) is 10.4 Å². The van der Waals surface area contributed by atoms with Gasteiger partial charge in [0.15, 0.2) is 11.5 Å². The van der Waals surface area contributed by atoms with Crippen LogP contribution < -0.4 is 14.2 Å². The zero-order valence-corrected chi connectivity index (χ0v) is 16.3. The molecule has 0 aliphatic carbocycles. The lowest BCUT2D eigenvalue weighted by atomic mass is 10.00. The van der Waals surface area contributed by atoms with Crippen molar-refractivity contribution in [3.63, 3.8) is 0 Å². The number of aromatic amines is 1. The normalized spacial score (nSPS) is 10.6. The topological polar surface area (TPSA) is 80.2 Å². The Morgan fingerprint density at radius 1 is 0.793 bits per heavy atom. The molecule has 6 nitrogen and oxygen atoms in total. The van der Waals surface area contributed by atoms with Crippen molar-refractivity contribution in [1.29, 1.82) is 5.26 Å². The molecule has 0 aliphatic heterocycles. The van der Waals surface area contributed by atoms with E-state index in [2.05, 4.69) is 22.3 Å². The number of aromatic nitrogens is 2. The number of nitrogens with one attached hydrogen (secondary N) is 1. The highest BCUT2D eigenvalue weighted by Crippen LogP contribution is 2.42. The standard InChI is InChI=1S/C23H19N3O3/c1-27-20-11-17(12-21(28-2)23(20)29-3)22-18-10-16(8-9-19(18)25-26-22)15-6-4-14(13-24)5-7-15/h4-12H,1-3H3,(H,25,26). The van der Waals surface area contributed by atoms with E-state index in [4.69, 9.17) is 19.5 Å². The minimum absolute atomic E-state index is 0.539. The second-order valence-corrected chi connectivity index (χ2v) is 6.44. The molecule has 1 aromatic heterocycles. The quantitative estimate of drug-likeness (QED) is 0.534. The average molecular weight is 385 g/mol. The molecular formula is C23H19N3O3. The second kappa shape index (κ2) is 7.56. The van der Waals surface area contributed by atoms with Gasteiger partial charge in [-0.3, -0.25) is 5.10 Å². The third-order valence-corrected chi connectivity index (χ3v) is 4.85. The molecule has 1 N–H and O–H groups in total. The van der Waals surface area contributed by atoms with E-state index >= 15 is 0 Å². The van der Waals surface area contributed by atoms with Crippen molar-refractivity contribution in [3.8, 4) is 45.7 Å². The fraction of sp³-hybridized carbons (Fsp3) is 0.130. The summed E-state index contributed by atoms with van der Waals surface area (Å²) in [6, 6.07) is 19.5. The van der Waals surface area contributed by atoms with Gasteiger partial charge in [0.2, 0.25) is 5.75 Å². The number of nitriles is 1. The van der Waals surface area contributed by atoms with E-state index in [0.717, 1.165) is 33.3 Å². The van der Waals surface area contributed by atoms with Crippen LogP contribution in [0.3, 0.4) is 0 Å². The Bertz CT molecular complexity index is 1200. The van der Waals surface area contributed by atoms with Crippen molar-refractivity contribution >= 4 is 10.9 Å². The van der Waals surface area contributed by atoms with Gasteiger partial charge in [-0.1, -0.05) is 18.2 Å². The van der Waals surface area contributed by atoms with Crippen LogP contribution >= 0.6 is 0 Å². The number of benzene rings is 3. The molecule has 4 aromatic rings. The summed E-state index contributed by atoms with van der Waals surface area (Å²) in [4.78, 5) is 0. The molecule has 0 aliphatic rings. The Morgan fingerprint density at radius 2 is 1.45 bits per heavy atom. The van der Waals surface area contributed by atoms with Gasteiger partial charge in [-0.25, -0.2) is 0 Å². The largest absolute Gasteiger partial charge is 0.493 e. The Balaban J connectivity index is 1.86. The summed E-state index contributed by atoms with van der Waals surface area (Å²) in [6.07, 6.45) is 0. The fourth-order valence-corrected chi connectivity index (χ4v) is 3.37. The molecule has 0 bridgehead atoms. The number of H-pyrrole nitrogens is 1. The molecule has 6 heteroatoms. The maximum Gasteiger partial charge on any atom is 0.203 e. The average Bonchev–Trinajstić information content (AvgIpc) is 3.21. The van der Waals surface area contributed by atoms with Crippen molar-refractivity contribution in [2.24, 2.45) is 0 Å². The molecule has 144 valence electrons. The lowest BCUT2D eigenvalue weighted by molar-refractivity contribution is 0.324. The minimum Gasteiger partial charge on any atom is -0.493 e. The third-order valence-electron chi connectivity index (χ3n) is 4.85. The molecule has 4 rings (SSSR count). The molecule has 0 unspecified atom stereocenters. The summed E-state index contributed by atoms with van der Waals surface area (Å²) in [5.74, 6) is 1.68. The van der Waals surface area contributed by atoms with E-state index in [9.17, 15) is 0 Å². The van der Waals surface area contributed by atoms with Crippen LogP contribution in [0, 0.1) is 11.3 Å². The van der Waals surface area contributed by atoms with E-state index in [1.807, 2.05) is 48.5 Å². The number of fused-ring (bicyclic) bond motifs is 1. The minimum atomic E-state index is 0.539. The second-order valence-electron chi connectivity index (χ2n) is 6.44. The number of methoxy groups -OCH3 is 3. The van der Waals surface area contributed by atoms with Crippen LogP contribution in [0.25, 0.3) is 33.3 Å². The Kier molecular flexibility index (Phi) is 4.80. The highest BCUT2D eigenvalue weighted by Gasteiger charge is 2.17. The summed E-state index contributed by atoms with van der Waals surface area (Å²) < 4.78 is 16.4. The Labute approximate surface area is 168 Å². The summed E-state index contributed by atoms with van der Waals surface area (Å²) in [5.41, 5.74) is 5.26. The highest BCUT2D eigenvalue weighted by molar-refractivity contribution is 5.96. The molecule has 0 saturated carbocycles. The number of ether oxygens (including phenoxy) is 3. The van der Waals surface area contributed by atoms with Crippen LogP contribution in [-0.2, 0) is 0 Å². The molecular weight excluding hydrogens is 366 g/mol. The van der Waals surface area contributed by atoms with Crippen LogP contribution in [0.1, 0.15) is 5.56 Å². The smallest absolute Gasteiger partial charge is 0.203 e. The molecule has 0 atom stereocenters. The lowest BCUT2D eigenvalue weighted by Gasteiger charge is -2.13. The predicted molar refractivity (Wildman–Crippen MR) is 111 cm³/mol. The van der Waals surface area contributed by atoms with Crippen LogP contribution in [-0.4, -0.2) is 31.5 Å². The van der Waals surface area contributed by atoms with Gasteiger partial charge in [-0.15, -0.1) is 0 Å². The highest BCUT2D eigenvalue weighted by atomic mass is 16.5. The predicted octanol–water partition coefficient (Wildman–Crippen LogP) is 4.79. The third kappa shape index (κ3) is 3.23. The maximum atomic E-state index is 9.01. The number of hydrogen-bond acceptors (Lipinski definition) is 5. The van der Waals surface area contributed by atoms with E-state index in [1.165, 1.54) is 0 Å². The van der Waals surface area contributed by atoms with Crippen LogP contribution in [0.2, 0.25) is 0 Å². The monoisotopic (exact) mass is 385 g/mol. The fourth-order valence-electron chi connectivity index (χ4n) is 3.37. The van der Waals surface area contributed by atoms with Gasteiger partial charge in [-0.05, 0) is 47.5 Å². The van der Waals surface area contributed by atoms with Gasteiger partial charge in [0, 0.05) is 10.9 Å². The van der Waals surface area contributed by atoms with E-state index in [-0.39, 0.29) is 0 Å². The zero-order chi connectivity index (χ0) is 20.4. The first kappa shape index (κ1) is 18.4. The molecule has 1 heterocycles. The first-order chi connectivity index (χ1) is 14.2. The number of nitrogens with zero attached hydrogens (tertiary/aromatic N) is 2. The number of hydrogen-bond donors (Lipinski definition) is 1. The van der Waals surface area contributed by atoms with Gasteiger partial charge in [0.25, 0.3) is 0 Å². The van der Waals surface area contributed by atoms with Crippen LogP contribution in [0.4, 0.5) is 0 Å². The number of rotatable bonds is 5. The molecule has 0 fully saturated rings. The van der Waals surface area contributed by atoms with Gasteiger partial charge in [0.1, 0.15) is 5.69 Å². The summed E-state index contributed by atoms with van der Waals surface area (Å²) in [6.45, 7) is 0. The summed E-state index contributed by atoms with van der Waals surface area (Å²) >= 11 is 0. The first-order valence-corrected chi connectivity index (χ1v) is 8.97. The van der Waals surface area contributed by atoms with Crippen LogP contribution in [0.5, 0.6) is 17.2 Å². The van der Waals surface area contributed by atoms with Crippen molar-refractivity contribution < 1.29 is 14.2 Å². The first-order valence-electron chi connectivity index (χ1n) is 8.97. The molecule has 29 heavy (non-hydrogen) atoms. The van der Waals surface area contributed by atoms with Gasteiger partial charge in [0.05, 0.1) is 38.5 Å². The van der Waals surface area contributed by atoms with E-state index < -0.39 is 0 Å². The molecule has 0 amide bonds. The van der Waals surface area contributed by atoms with Crippen molar-refractivity contribution in [3.05, 3.63) is 60.2 Å². The van der Waals surface area contributed by atoms with Crippen LogP contribution in [0.15, 0.2) is 54.6 Å². The van der Waals surface area contributed by atoms with E-state index in [0.29, 0.717) is 22.8 Å². The van der Waals surface area contributed by atoms with Gasteiger partial charge < -0.3 is 14.2 Å². The molecule has 3 aromatic carbocycles. The molecule has 0 radical (unpaired) electrons. The summed E-state index contributed by atoms with van der Waals surface area (Å²) in [5, 5.41) is 17.6. The Hall–Kier alpha value is -3.98. The maximum absolute atomic E-state index is 9.01. The lowest BCUT2D eigenvalue weighted by Crippen LogP contribution is -1.96. The molecule has 0 saturated heterocycles. The summed E-state index contributed by atoms with van der Waals surface area (Å²) in [7, 11) is 4.76. The molecule has 0 spiro atoms. The van der Waals surface area contributed by atoms with Gasteiger partial charge >= 0.3 is 0 Å². The van der Waals surface area contributed by atoms with Crippen molar-refractivity contribution in [2.75, 3.05) is 21.3 Å². The Morgan fingerprint density at radius 3 is 2.03 bits per heavy atom. The van der Waals surface area contributed by atoms with E-state index in [1.54, 1.807) is 21.3 Å².